The summed E-state index contributed by atoms with van der Waals surface area (Å²) in [6, 6.07) is 17.4. The number of aryl methyl sites for hydroxylation is 2. The predicted octanol–water partition coefficient (Wildman–Crippen LogP) is 4.53. The standard InChI is InChI=1S/C31H36N4O4S/c1-22-10-11-24(19-23(22)2)26-20-27(25-7-4-5-8-28(25)38-3)35(32-26)30(36)21-34(31(37)29-9-6-18-40-29)13-12-33-14-16-39-17-15-33/h4-11,18-19,27H,12-17,20-21H2,1-3H3. The smallest absolute Gasteiger partial charge is 0.264 e. The van der Waals surface area contributed by atoms with E-state index in [-0.39, 0.29) is 24.4 Å². The Morgan fingerprint density at radius 2 is 1.88 bits per heavy atom. The maximum Gasteiger partial charge on any atom is 0.264 e. The Labute approximate surface area is 239 Å². The molecule has 2 aliphatic heterocycles. The van der Waals surface area contributed by atoms with Gasteiger partial charge in [0.2, 0.25) is 0 Å². The SMILES string of the molecule is COc1ccccc1C1CC(c2ccc(C)c(C)c2)=NN1C(=O)CN(CCN1CCOCC1)C(=O)c1cccs1. The zero-order chi connectivity index (χ0) is 28.1. The molecule has 9 heteroatoms. The van der Waals surface area contributed by atoms with Gasteiger partial charge in [0.25, 0.3) is 11.8 Å². The number of amides is 2. The molecule has 0 spiro atoms. The van der Waals surface area contributed by atoms with Crippen molar-refractivity contribution in [1.82, 2.24) is 14.8 Å². The maximum absolute atomic E-state index is 14.0. The number of carbonyl (C=O) groups excluding carboxylic acids is 2. The first-order valence-electron chi connectivity index (χ1n) is 13.7. The third-order valence-electron chi connectivity index (χ3n) is 7.64. The van der Waals surface area contributed by atoms with Gasteiger partial charge in [0.15, 0.2) is 0 Å². The van der Waals surface area contributed by atoms with Crippen molar-refractivity contribution in [3.8, 4) is 5.75 Å². The molecule has 0 N–H and O–H groups in total. The number of hydrogen-bond donors (Lipinski definition) is 0. The Hall–Kier alpha value is -3.53. The maximum atomic E-state index is 14.0. The third-order valence-corrected chi connectivity index (χ3v) is 8.50. The summed E-state index contributed by atoms with van der Waals surface area (Å²) in [5.41, 5.74) is 5.12. The molecule has 0 radical (unpaired) electrons. The number of carbonyl (C=O) groups is 2. The van der Waals surface area contributed by atoms with Crippen molar-refractivity contribution in [2.75, 3.05) is 53.0 Å². The normalized spacial score (nSPS) is 17.5. The molecule has 0 saturated carbocycles. The summed E-state index contributed by atoms with van der Waals surface area (Å²) in [4.78, 5) is 32.1. The molecule has 210 valence electrons. The second kappa shape index (κ2) is 12.8. The van der Waals surface area contributed by atoms with Gasteiger partial charge in [0.05, 0.1) is 37.0 Å². The van der Waals surface area contributed by atoms with E-state index in [0.717, 1.165) is 29.9 Å². The van der Waals surface area contributed by atoms with E-state index in [4.69, 9.17) is 14.6 Å². The summed E-state index contributed by atoms with van der Waals surface area (Å²) in [5, 5.41) is 8.31. The van der Waals surface area contributed by atoms with Crippen LogP contribution in [0.2, 0.25) is 0 Å². The minimum absolute atomic E-state index is 0.0591. The number of morpholine rings is 1. The van der Waals surface area contributed by atoms with Crippen molar-refractivity contribution in [2.45, 2.75) is 26.3 Å². The monoisotopic (exact) mass is 560 g/mol. The van der Waals surface area contributed by atoms with Crippen molar-refractivity contribution in [3.05, 3.63) is 87.1 Å². The van der Waals surface area contributed by atoms with Crippen molar-refractivity contribution >= 4 is 28.9 Å². The van der Waals surface area contributed by atoms with Gasteiger partial charge in [0, 0.05) is 38.2 Å². The largest absolute Gasteiger partial charge is 0.496 e. The lowest BCUT2D eigenvalue weighted by atomic mass is 9.96. The average molecular weight is 561 g/mol. The fraction of sp³-hybridized carbons (Fsp3) is 0.387. The minimum atomic E-state index is -0.335. The number of nitrogens with zero attached hydrogens (tertiary/aromatic N) is 4. The fourth-order valence-electron chi connectivity index (χ4n) is 5.15. The van der Waals surface area contributed by atoms with Gasteiger partial charge >= 0.3 is 0 Å². The summed E-state index contributed by atoms with van der Waals surface area (Å²) >= 11 is 1.39. The van der Waals surface area contributed by atoms with Crippen LogP contribution in [0.25, 0.3) is 0 Å². The second-order valence-corrected chi connectivity index (χ2v) is 11.2. The number of para-hydroxylation sites is 1. The first kappa shape index (κ1) is 28.0. The zero-order valence-electron chi connectivity index (χ0n) is 23.3. The van der Waals surface area contributed by atoms with Crippen LogP contribution in [0.15, 0.2) is 65.1 Å². The van der Waals surface area contributed by atoms with Crippen LogP contribution in [-0.4, -0.2) is 85.4 Å². The van der Waals surface area contributed by atoms with Crippen LogP contribution >= 0.6 is 11.3 Å². The quantitative estimate of drug-likeness (QED) is 0.385. The van der Waals surface area contributed by atoms with E-state index in [0.29, 0.717) is 43.4 Å². The molecule has 40 heavy (non-hydrogen) atoms. The molecule has 1 unspecified atom stereocenters. The van der Waals surface area contributed by atoms with E-state index in [1.165, 1.54) is 22.5 Å². The topological polar surface area (TPSA) is 74.7 Å². The molecule has 1 fully saturated rings. The van der Waals surface area contributed by atoms with E-state index in [2.05, 4.69) is 36.9 Å². The molecule has 2 aromatic carbocycles. The molecule has 3 heterocycles. The lowest BCUT2D eigenvalue weighted by molar-refractivity contribution is -0.133. The summed E-state index contributed by atoms with van der Waals surface area (Å²) in [6.45, 7) is 8.24. The summed E-state index contributed by atoms with van der Waals surface area (Å²) in [5.74, 6) is 0.352. The number of hydrazone groups is 1. The van der Waals surface area contributed by atoms with Gasteiger partial charge in [-0.1, -0.05) is 36.4 Å². The number of thiophene rings is 1. The Morgan fingerprint density at radius 3 is 2.60 bits per heavy atom. The summed E-state index contributed by atoms with van der Waals surface area (Å²) in [7, 11) is 1.64. The van der Waals surface area contributed by atoms with Gasteiger partial charge in [-0.25, -0.2) is 5.01 Å². The van der Waals surface area contributed by atoms with Crippen LogP contribution in [0.4, 0.5) is 0 Å². The third kappa shape index (κ3) is 6.27. The van der Waals surface area contributed by atoms with Crippen LogP contribution in [0, 0.1) is 13.8 Å². The van der Waals surface area contributed by atoms with Crippen LogP contribution in [0.3, 0.4) is 0 Å². The van der Waals surface area contributed by atoms with Gasteiger partial charge in [-0.05, 0) is 54.1 Å². The summed E-state index contributed by atoms with van der Waals surface area (Å²) < 4.78 is 11.1. The number of methoxy groups -OCH3 is 1. The molecule has 1 aromatic heterocycles. The first-order valence-corrected chi connectivity index (χ1v) is 14.6. The fourth-order valence-corrected chi connectivity index (χ4v) is 5.84. The highest BCUT2D eigenvalue weighted by Crippen LogP contribution is 2.37. The molecule has 2 aliphatic rings. The molecule has 8 nitrogen and oxygen atoms in total. The van der Waals surface area contributed by atoms with E-state index >= 15 is 0 Å². The Morgan fingerprint density at radius 1 is 1.07 bits per heavy atom. The molecule has 2 amide bonds. The van der Waals surface area contributed by atoms with Gasteiger partial charge in [-0.2, -0.15) is 5.10 Å². The number of benzene rings is 2. The van der Waals surface area contributed by atoms with Gasteiger partial charge < -0.3 is 14.4 Å². The second-order valence-electron chi connectivity index (χ2n) is 10.2. The highest BCUT2D eigenvalue weighted by atomic mass is 32.1. The van der Waals surface area contributed by atoms with Crippen molar-refractivity contribution in [3.63, 3.8) is 0 Å². The molecule has 1 atom stereocenters. The number of hydrogen-bond acceptors (Lipinski definition) is 7. The van der Waals surface area contributed by atoms with E-state index in [1.807, 2.05) is 41.8 Å². The van der Waals surface area contributed by atoms with Crippen LogP contribution in [0.1, 0.15) is 44.4 Å². The van der Waals surface area contributed by atoms with Gasteiger partial charge in [-0.15, -0.1) is 11.3 Å². The van der Waals surface area contributed by atoms with Crippen molar-refractivity contribution < 1.29 is 19.1 Å². The Kier molecular flexibility index (Phi) is 8.94. The minimum Gasteiger partial charge on any atom is -0.496 e. The molecular formula is C31H36N4O4S. The highest BCUT2D eigenvalue weighted by molar-refractivity contribution is 7.12. The lowest BCUT2D eigenvalue weighted by Gasteiger charge is -2.31. The van der Waals surface area contributed by atoms with E-state index in [1.54, 1.807) is 17.0 Å². The summed E-state index contributed by atoms with van der Waals surface area (Å²) in [6.07, 6.45) is 0.557. The Bertz CT molecular complexity index is 1370. The predicted molar refractivity (Wildman–Crippen MR) is 157 cm³/mol. The number of rotatable bonds is 9. The highest BCUT2D eigenvalue weighted by Gasteiger charge is 2.36. The molecule has 0 bridgehead atoms. The van der Waals surface area contributed by atoms with E-state index in [9.17, 15) is 9.59 Å². The van der Waals surface area contributed by atoms with E-state index < -0.39 is 0 Å². The molecule has 1 saturated heterocycles. The average Bonchev–Trinajstić information content (AvgIpc) is 3.68. The molecule has 3 aromatic rings. The zero-order valence-corrected chi connectivity index (χ0v) is 24.2. The lowest BCUT2D eigenvalue weighted by Crippen LogP contribution is -2.46. The van der Waals surface area contributed by atoms with Crippen LogP contribution < -0.4 is 4.74 Å². The molecule has 5 rings (SSSR count). The van der Waals surface area contributed by atoms with Crippen LogP contribution in [-0.2, 0) is 9.53 Å². The van der Waals surface area contributed by atoms with Crippen LogP contribution in [0.5, 0.6) is 5.75 Å². The van der Waals surface area contributed by atoms with Crippen molar-refractivity contribution in [1.29, 1.82) is 0 Å². The van der Waals surface area contributed by atoms with Gasteiger partial charge in [0.1, 0.15) is 12.3 Å². The van der Waals surface area contributed by atoms with Crippen molar-refractivity contribution in [2.24, 2.45) is 5.10 Å². The number of ether oxygens (including phenoxy) is 2. The van der Waals surface area contributed by atoms with Gasteiger partial charge in [-0.3, -0.25) is 14.5 Å². The molecular weight excluding hydrogens is 524 g/mol. The first-order chi connectivity index (χ1) is 19.4. The molecule has 0 aliphatic carbocycles. The Balaban J connectivity index is 1.43.